The van der Waals surface area contributed by atoms with E-state index in [0.717, 1.165) is 22.5 Å². The molecule has 2 aromatic carbocycles. The van der Waals surface area contributed by atoms with Gasteiger partial charge in [-0.1, -0.05) is 48.5 Å². The number of hydrogen-bond donors (Lipinski definition) is 1. The summed E-state index contributed by atoms with van der Waals surface area (Å²) in [6, 6.07) is 20.4. The molecule has 5 nitrogen and oxygen atoms in total. The highest BCUT2D eigenvalue weighted by molar-refractivity contribution is 7.80. The van der Waals surface area contributed by atoms with E-state index in [0.29, 0.717) is 24.8 Å². The fourth-order valence-corrected chi connectivity index (χ4v) is 2.97. The van der Waals surface area contributed by atoms with Crippen LogP contribution >= 0.6 is 12.2 Å². The summed E-state index contributed by atoms with van der Waals surface area (Å²) in [7, 11) is 3.66. The van der Waals surface area contributed by atoms with E-state index < -0.39 is 0 Å². The molecule has 0 atom stereocenters. The molecule has 0 aliphatic heterocycles. The quantitative estimate of drug-likeness (QED) is 0.502. The van der Waals surface area contributed by atoms with Gasteiger partial charge in [-0.3, -0.25) is 0 Å². The Morgan fingerprint density at radius 1 is 1.11 bits per heavy atom. The van der Waals surface area contributed by atoms with Crippen molar-refractivity contribution in [3.63, 3.8) is 0 Å². The molecular formula is C21H24N4OS. The Hall–Kier alpha value is -2.70. The van der Waals surface area contributed by atoms with Gasteiger partial charge >= 0.3 is 0 Å². The maximum atomic E-state index is 5.48. The van der Waals surface area contributed by atoms with Crippen LogP contribution in [0.3, 0.4) is 0 Å². The second-order valence-electron chi connectivity index (χ2n) is 6.23. The lowest BCUT2D eigenvalue weighted by Gasteiger charge is -2.20. The fourth-order valence-electron chi connectivity index (χ4n) is 2.80. The van der Waals surface area contributed by atoms with Crippen LogP contribution in [0.25, 0.3) is 16.9 Å². The van der Waals surface area contributed by atoms with Crippen LogP contribution in [0.4, 0.5) is 0 Å². The molecule has 0 unspecified atom stereocenters. The van der Waals surface area contributed by atoms with Crippen LogP contribution in [-0.4, -0.2) is 47.1 Å². The first-order valence-corrected chi connectivity index (χ1v) is 9.27. The van der Waals surface area contributed by atoms with Crippen molar-refractivity contribution >= 4 is 17.3 Å². The first-order valence-electron chi connectivity index (χ1n) is 8.86. The van der Waals surface area contributed by atoms with Gasteiger partial charge in [0.05, 0.1) is 18.0 Å². The van der Waals surface area contributed by atoms with E-state index >= 15 is 0 Å². The number of methoxy groups -OCH3 is 1. The molecule has 1 aromatic heterocycles. The largest absolute Gasteiger partial charge is 0.383 e. The molecule has 0 saturated carbocycles. The minimum atomic E-state index is 0.620. The maximum Gasteiger partial charge on any atom is 0.169 e. The zero-order valence-electron chi connectivity index (χ0n) is 15.6. The predicted molar refractivity (Wildman–Crippen MR) is 113 cm³/mol. The van der Waals surface area contributed by atoms with E-state index in [1.807, 2.05) is 65.2 Å². The highest BCUT2D eigenvalue weighted by Gasteiger charge is 2.15. The van der Waals surface area contributed by atoms with E-state index in [-0.39, 0.29) is 0 Å². The molecule has 0 bridgehead atoms. The molecule has 140 valence electrons. The second-order valence-corrected chi connectivity index (χ2v) is 6.62. The normalized spacial score (nSPS) is 10.6. The highest BCUT2D eigenvalue weighted by atomic mass is 32.1. The van der Waals surface area contributed by atoms with Crippen molar-refractivity contribution in [2.45, 2.75) is 6.54 Å². The van der Waals surface area contributed by atoms with E-state index in [2.05, 4.69) is 23.6 Å². The standard InChI is InChI=1S/C21H24N4OS/c1-24(21(27)22-13-14-26-2)15-18-16-25(19-11-7-4-8-12-19)23-20(18)17-9-5-3-6-10-17/h3-12,16H,13-15H2,1-2H3,(H,22,27). The van der Waals surface area contributed by atoms with Crippen molar-refractivity contribution in [1.82, 2.24) is 20.0 Å². The molecule has 0 spiro atoms. The van der Waals surface area contributed by atoms with Gasteiger partial charge in [0.15, 0.2) is 5.11 Å². The van der Waals surface area contributed by atoms with Gasteiger partial charge in [0, 0.05) is 44.6 Å². The van der Waals surface area contributed by atoms with Crippen LogP contribution in [0, 0.1) is 0 Å². The lowest BCUT2D eigenvalue weighted by Crippen LogP contribution is -2.38. The first-order chi connectivity index (χ1) is 13.2. The lowest BCUT2D eigenvalue weighted by molar-refractivity contribution is 0.203. The van der Waals surface area contributed by atoms with E-state index in [9.17, 15) is 0 Å². The SMILES string of the molecule is COCCNC(=S)N(C)Cc1cn(-c2ccccc2)nc1-c1ccccc1. The van der Waals surface area contributed by atoms with Crippen molar-refractivity contribution in [3.8, 4) is 16.9 Å². The summed E-state index contributed by atoms with van der Waals surface area (Å²) < 4.78 is 6.99. The van der Waals surface area contributed by atoms with Gasteiger partial charge in [-0.15, -0.1) is 0 Å². The van der Waals surface area contributed by atoms with Gasteiger partial charge in [-0.25, -0.2) is 4.68 Å². The van der Waals surface area contributed by atoms with Crippen LogP contribution < -0.4 is 5.32 Å². The Morgan fingerprint density at radius 3 is 2.44 bits per heavy atom. The minimum absolute atomic E-state index is 0.620. The molecule has 0 radical (unpaired) electrons. The van der Waals surface area contributed by atoms with Gasteiger partial charge < -0.3 is 15.0 Å². The maximum absolute atomic E-state index is 5.48. The molecule has 0 fully saturated rings. The van der Waals surface area contributed by atoms with E-state index in [1.54, 1.807) is 7.11 Å². The fraction of sp³-hybridized carbons (Fsp3) is 0.238. The molecule has 1 N–H and O–H groups in total. The van der Waals surface area contributed by atoms with Gasteiger partial charge in [0.1, 0.15) is 0 Å². The van der Waals surface area contributed by atoms with Crippen LogP contribution in [0.5, 0.6) is 0 Å². The molecule has 3 aromatic rings. The number of rotatable bonds is 7. The highest BCUT2D eigenvalue weighted by Crippen LogP contribution is 2.24. The lowest BCUT2D eigenvalue weighted by atomic mass is 10.1. The topological polar surface area (TPSA) is 42.3 Å². The Kier molecular flexibility index (Phi) is 6.57. The Balaban J connectivity index is 1.86. The third-order valence-electron chi connectivity index (χ3n) is 4.19. The summed E-state index contributed by atoms with van der Waals surface area (Å²) >= 11 is 5.48. The molecule has 27 heavy (non-hydrogen) atoms. The minimum Gasteiger partial charge on any atom is -0.383 e. The number of nitrogens with one attached hydrogen (secondary N) is 1. The Bertz CT molecular complexity index is 864. The number of ether oxygens (including phenoxy) is 1. The molecular weight excluding hydrogens is 356 g/mol. The monoisotopic (exact) mass is 380 g/mol. The van der Waals surface area contributed by atoms with Crippen molar-refractivity contribution in [1.29, 1.82) is 0 Å². The average molecular weight is 381 g/mol. The summed E-state index contributed by atoms with van der Waals surface area (Å²) in [4.78, 5) is 2.02. The number of para-hydroxylation sites is 1. The average Bonchev–Trinajstić information content (AvgIpc) is 3.13. The predicted octanol–water partition coefficient (Wildman–Crippen LogP) is 3.49. The molecule has 3 rings (SSSR count). The van der Waals surface area contributed by atoms with Crippen molar-refractivity contribution < 1.29 is 4.74 Å². The van der Waals surface area contributed by atoms with Gasteiger partial charge in [-0.05, 0) is 24.4 Å². The molecule has 0 aliphatic carbocycles. The third-order valence-corrected chi connectivity index (χ3v) is 4.65. The summed E-state index contributed by atoms with van der Waals surface area (Å²) in [6.45, 7) is 1.97. The molecule has 0 saturated heterocycles. The Morgan fingerprint density at radius 2 is 1.78 bits per heavy atom. The van der Waals surface area contributed by atoms with Gasteiger partial charge in [-0.2, -0.15) is 5.10 Å². The molecule has 0 aliphatic rings. The summed E-state index contributed by atoms with van der Waals surface area (Å²) in [5.74, 6) is 0. The zero-order chi connectivity index (χ0) is 19.1. The number of benzene rings is 2. The number of aromatic nitrogens is 2. The zero-order valence-corrected chi connectivity index (χ0v) is 16.4. The van der Waals surface area contributed by atoms with Crippen LogP contribution in [0.1, 0.15) is 5.56 Å². The van der Waals surface area contributed by atoms with Crippen LogP contribution in [0.15, 0.2) is 66.9 Å². The number of nitrogens with zero attached hydrogens (tertiary/aromatic N) is 3. The molecule has 0 amide bonds. The summed E-state index contributed by atoms with van der Waals surface area (Å²) in [5, 5.41) is 8.74. The van der Waals surface area contributed by atoms with Crippen molar-refractivity contribution in [2.24, 2.45) is 0 Å². The molecule has 6 heteroatoms. The second kappa shape index (κ2) is 9.30. The van der Waals surface area contributed by atoms with Crippen molar-refractivity contribution in [2.75, 3.05) is 27.3 Å². The number of thiocarbonyl (C=S) groups is 1. The summed E-state index contributed by atoms with van der Waals surface area (Å²) in [5.41, 5.74) is 4.20. The summed E-state index contributed by atoms with van der Waals surface area (Å²) in [6.07, 6.45) is 2.08. The number of hydrogen-bond acceptors (Lipinski definition) is 3. The third kappa shape index (κ3) is 4.93. The smallest absolute Gasteiger partial charge is 0.169 e. The van der Waals surface area contributed by atoms with E-state index in [4.69, 9.17) is 22.1 Å². The van der Waals surface area contributed by atoms with Gasteiger partial charge in [0.2, 0.25) is 0 Å². The van der Waals surface area contributed by atoms with Crippen LogP contribution in [-0.2, 0) is 11.3 Å². The van der Waals surface area contributed by atoms with Crippen molar-refractivity contribution in [3.05, 3.63) is 72.4 Å². The Labute approximate surface area is 165 Å². The van der Waals surface area contributed by atoms with Gasteiger partial charge in [0.25, 0.3) is 0 Å². The molecule has 1 heterocycles. The first kappa shape index (κ1) is 19.1. The van der Waals surface area contributed by atoms with Crippen LogP contribution in [0.2, 0.25) is 0 Å². The van der Waals surface area contributed by atoms with E-state index in [1.165, 1.54) is 0 Å².